The Hall–Kier alpha value is -2.25. The van der Waals surface area contributed by atoms with E-state index in [4.69, 9.17) is 19.4 Å². The molecule has 0 bridgehead atoms. The van der Waals surface area contributed by atoms with Crippen LogP contribution in [0.3, 0.4) is 0 Å². The Labute approximate surface area is 145 Å². The summed E-state index contributed by atoms with van der Waals surface area (Å²) in [5.74, 6) is -0.328. The van der Waals surface area contributed by atoms with E-state index in [-0.39, 0.29) is 40.3 Å². The number of aliphatic hydroxyl groups excluding tert-OH is 1. The van der Waals surface area contributed by atoms with Gasteiger partial charge in [-0.2, -0.15) is 8.42 Å². The smallest absolute Gasteiger partial charge is 0.426 e. The van der Waals surface area contributed by atoms with Crippen LogP contribution in [0.4, 0.5) is 5.69 Å². The molecule has 0 saturated heterocycles. The molecule has 0 fully saturated rings. The van der Waals surface area contributed by atoms with Gasteiger partial charge in [-0.15, -0.1) is 0 Å². The Balaban J connectivity index is 2.28. The van der Waals surface area contributed by atoms with Gasteiger partial charge in [0.15, 0.2) is 4.98 Å². The Morgan fingerprint density at radius 1 is 1.16 bits per heavy atom. The molecule has 2 aromatic carbocycles. The molecule has 134 valence electrons. The molecule has 0 radical (unpaired) electrons. The molecular formula is C16H19N2O6S+. The summed E-state index contributed by atoms with van der Waals surface area (Å²) in [5.41, 5.74) is -0.0666. The van der Waals surface area contributed by atoms with Crippen LogP contribution in [0.1, 0.15) is 13.8 Å². The van der Waals surface area contributed by atoms with Crippen molar-refractivity contribution in [3.8, 4) is 5.75 Å². The van der Waals surface area contributed by atoms with E-state index >= 15 is 0 Å². The van der Waals surface area contributed by atoms with E-state index in [1.54, 1.807) is 13.8 Å². The van der Waals surface area contributed by atoms with Crippen LogP contribution in [0.5, 0.6) is 5.75 Å². The van der Waals surface area contributed by atoms with Crippen molar-refractivity contribution >= 4 is 26.6 Å². The van der Waals surface area contributed by atoms with Gasteiger partial charge in [-0.05, 0) is 26.0 Å². The van der Waals surface area contributed by atoms with E-state index in [9.17, 15) is 13.5 Å². The summed E-state index contributed by atoms with van der Waals surface area (Å²) in [6, 6.07) is 7.03. The van der Waals surface area contributed by atoms with Crippen molar-refractivity contribution in [2.75, 3.05) is 13.2 Å². The fourth-order valence-corrected chi connectivity index (χ4v) is 3.39. The normalized spacial score (nSPS) is 14.2. The molecule has 0 saturated carbocycles. The molecule has 2 rings (SSSR count). The van der Waals surface area contributed by atoms with Crippen molar-refractivity contribution in [2.24, 2.45) is 0 Å². The second-order valence-corrected chi connectivity index (χ2v) is 7.20. The van der Waals surface area contributed by atoms with Gasteiger partial charge in [0.05, 0.1) is 25.4 Å². The minimum atomic E-state index is -4.10. The first-order chi connectivity index (χ1) is 11.8. The van der Waals surface area contributed by atoms with Crippen LogP contribution in [-0.2, 0) is 19.0 Å². The van der Waals surface area contributed by atoms with E-state index in [1.807, 2.05) is 0 Å². The second kappa shape index (κ2) is 7.76. The average molecular weight is 367 g/mol. The number of hydrogen-bond acceptors (Lipinski definition) is 7. The van der Waals surface area contributed by atoms with E-state index in [1.165, 1.54) is 30.3 Å². The lowest BCUT2D eigenvalue weighted by molar-refractivity contribution is -0.0122. The van der Waals surface area contributed by atoms with Gasteiger partial charge in [-0.1, -0.05) is 12.1 Å². The van der Waals surface area contributed by atoms with E-state index in [0.717, 1.165) is 0 Å². The molecule has 25 heavy (non-hydrogen) atoms. The summed E-state index contributed by atoms with van der Waals surface area (Å²) in [7, 11) is -4.10. The topological polar surface area (TPSA) is 121 Å². The standard InChI is InChI=1S/C16H18N2O6S/c1-10(19)8-23-11(2)9-24-25(21,22)15-5-3-4-13-12(15)6-7-14(18-17)16(13)20/h3-7,10-11,19H,8-9H2,1-2H3/p+1. The monoisotopic (exact) mass is 367 g/mol. The van der Waals surface area contributed by atoms with Gasteiger partial charge < -0.3 is 14.9 Å². The van der Waals surface area contributed by atoms with Gasteiger partial charge in [0.25, 0.3) is 10.1 Å². The molecule has 0 aliphatic rings. The maximum atomic E-state index is 12.5. The third-order valence-electron chi connectivity index (χ3n) is 3.43. The molecule has 0 heterocycles. The third-order valence-corrected chi connectivity index (χ3v) is 4.77. The highest BCUT2D eigenvalue weighted by atomic mass is 32.2. The van der Waals surface area contributed by atoms with Crippen LogP contribution in [-0.4, -0.2) is 44.1 Å². The van der Waals surface area contributed by atoms with Gasteiger partial charge in [-0.3, -0.25) is 4.18 Å². The van der Waals surface area contributed by atoms with Crippen LogP contribution >= 0.6 is 0 Å². The number of aromatic hydroxyl groups is 1. The van der Waals surface area contributed by atoms with E-state index in [2.05, 4.69) is 4.98 Å². The van der Waals surface area contributed by atoms with Crippen LogP contribution in [0, 0.1) is 5.39 Å². The Bertz CT molecular complexity index is 905. The largest absolute Gasteiger partial charge is 0.501 e. The minimum absolute atomic E-state index is 0.0666. The molecule has 2 aromatic rings. The summed E-state index contributed by atoms with van der Waals surface area (Å²) in [6.45, 7) is 3.03. The Morgan fingerprint density at radius 3 is 2.52 bits per heavy atom. The van der Waals surface area contributed by atoms with Crippen molar-refractivity contribution in [2.45, 2.75) is 31.0 Å². The maximum Gasteiger partial charge on any atom is 0.426 e. The van der Waals surface area contributed by atoms with Crippen molar-refractivity contribution in [3.63, 3.8) is 0 Å². The molecule has 2 atom stereocenters. The minimum Gasteiger partial charge on any atom is -0.501 e. The lowest BCUT2D eigenvalue weighted by atomic mass is 10.1. The van der Waals surface area contributed by atoms with Crippen molar-refractivity contribution in [3.05, 3.63) is 35.3 Å². The summed E-state index contributed by atoms with van der Waals surface area (Å²) in [5, 5.41) is 28.5. The fraction of sp³-hybridized carbons (Fsp3) is 0.375. The van der Waals surface area contributed by atoms with Gasteiger partial charge in [0.1, 0.15) is 4.90 Å². The average Bonchev–Trinajstić information content (AvgIpc) is 2.58. The SMILES string of the molecule is CC(O)COC(C)COS(=O)(=O)c1cccc2c(O)c([N+]#N)ccc12. The van der Waals surface area contributed by atoms with Crippen molar-refractivity contribution < 1.29 is 27.6 Å². The molecule has 0 amide bonds. The molecular weight excluding hydrogens is 348 g/mol. The van der Waals surface area contributed by atoms with Gasteiger partial charge >= 0.3 is 5.69 Å². The van der Waals surface area contributed by atoms with E-state index < -0.39 is 22.3 Å². The van der Waals surface area contributed by atoms with Crippen molar-refractivity contribution in [1.82, 2.24) is 0 Å². The molecule has 0 aliphatic heterocycles. The quantitative estimate of drug-likeness (QED) is 0.569. The lowest BCUT2D eigenvalue weighted by Gasteiger charge is -2.15. The predicted octanol–water partition coefficient (Wildman–Crippen LogP) is 2.52. The number of rotatable bonds is 7. The van der Waals surface area contributed by atoms with Gasteiger partial charge in [-0.25, -0.2) is 0 Å². The highest BCUT2D eigenvalue weighted by Gasteiger charge is 2.24. The van der Waals surface area contributed by atoms with Gasteiger partial charge in [0, 0.05) is 16.8 Å². The molecule has 9 heteroatoms. The zero-order chi connectivity index (χ0) is 18.6. The predicted molar refractivity (Wildman–Crippen MR) is 90.6 cm³/mol. The first-order valence-electron chi connectivity index (χ1n) is 7.55. The highest BCUT2D eigenvalue weighted by Crippen LogP contribution is 2.37. The summed E-state index contributed by atoms with van der Waals surface area (Å²) in [6.07, 6.45) is -1.20. The number of hydrogen-bond donors (Lipinski definition) is 2. The Morgan fingerprint density at radius 2 is 1.88 bits per heavy atom. The molecule has 0 spiro atoms. The third kappa shape index (κ3) is 4.43. The van der Waals surface area contributed by atoms with Crippen molar-refractivity contribution in [1.29, 1.82) is 5.39 Å². The lowest BCUT2D eigenvalue weighted by Crippen LogP contribution is -2.23. The second-order valence-electron chi connectivity index (χ2n) is 5.62. The number of fused-ring (bicyclic) bond motifs is 1. The summed E-state index contributed by atoms with van der Waals surface area (Å²) in [4.78, 5) is 2.82. The fourth-order valence-electron chi connectivity index (χ4n) is 2.20. The highest BCUT2D eigenvalue weighted by molar-refractivity contribution is 7.87. The zero-order valence-corrected chi connectivity index (χ0v) is 14.6. The van der Waals surface area contributed by atoms with Gasteiger partial charge in [0.2, 0.25) is 11.1 Å². The maximum absolute atomic E-state index is 12.5. The number of aliphatic hydroxyl groups is 1. The number of nitrogens with zero attached hydrogens (tertiary/aromatic N) is 2. The first-order valence-corrected chi connectivity index (χ1v) is 8.96. The molecule has 2 N–H and O–H groups in total. The van der Waals surface area contributed by atoms with Crippen LogP contribution in [0.15, 0.2) is 35.2 Å². The van der Waals surface area contributed by atoms with E-state index in [0.29, 0.717) is 0 Å². The van der Waals surface area contributed by atoms with Crippen LogP contribution in [0.25, 0.3) is 15.7 Å². The number of diazo groups is 1. The number of phenols is 1. The molecule has 2 unspecified atom stereocenters. The molecule has 0 aliphatic carbocycles. The number of ether oxygens (including phenoxy) is 1. The molecule has 0 aromatic heterocycles. The number of benzene rings is 2. The van der Waals surface area contributed by atoms with Crippen LogP contribution in [0.2, 0.25) is 0 Å². The molecule has 8 nitrogen and oxygen atoms in total. The first kappa shape index (κ1) is 19.1. The Kier molecular flexibility index (Phi) is 5.92. The summed E-state index contributed by atoms with van der Waals surface area (Å²) >= 11 is 0. The number of phenolic OH excluding ortho intramolecular Hbond substituents is 1. The zero-order valence-electron chi connectivity index (χ0n) is 13.8. The van der Waals surface area contributed by atoms with Crippen LogP contribution < -0.4 is 0 Å². The summed E-state index contributed by atoms with van der Waals surface area (Å²) < 4.78 is 35.2.